The second-order valence-corrected chi connectivity index (χ2v) is 5.71. The van der Waals surface area contributed by atoms with Gasteiger partial charge in [-0.05, 0) is 46.3 Å². The van der Waals surface area contributed by atoms with Gasteiger partial charge in [0.2, 0.25) is 0 Å². The van der Waals surface area contributed by atoms with E-state index < -0.39 is 0 Å². The second-order valence-electron chi connectivity index (χ2n) is 4.85. The molecule has 88 valence electrons. The van der Waals surface area contributed by atoms with Crippen molar-refractivity contribution in [2.45, 2.75) is 39.2 Å². The molecule has 3 atom stereocenters. The van der Waals surface area contributed by atoms with Gasteiger partial charge in [0.1, 0.15) is 5.82 Å². The van der Waals surface area contributed by atoms with Gasteiger partial charge in [0.15, 0.2) is 0 Å². The summed E-state index contributed by atoms with van der Waals surface area (Å²) >= 11 is 3.53. The standard InChI is InChI=1S/C13H19BrN2/c1-9-5-3-7-12(10(9)2)16-13-11(14)6-4-8-15-13/h4,6,8-10,12H,3,5,7H2,1-2H3,(H,15,16). The van der Waals surface area contributed by atoms with Gasteiger partial charge in [-0.25, -0.2) is 4.98 Å². The van der Waals surface area contributed by atoms with E-state index in [4.69, 9.17) is 0 Å². The number of anilines is 1. The first kappa shape index (κ1) is 11.9. The van der Waals surface area contributed by atoms with E-state index in [0.29, 0.717) is 6.04 Å². The van der Waals surface area contributed by atoms with Crippen molar-refractivity contribution in [3.8, 4) is 0 Å². The molecule has 1 N–H and O–H groups in total. The Morgan fingerprint density at radius 1 is 1.38 bits per heavy atom. The minimum Gasteiger partial charge on any atom is -0.366 e. The van der Waals surface area contributed by atoms with Gasteiger partial charge in [0, 0.05) is 12.2 Å². The van der Waals surface area contributed by atoms with Gasteiger partial charge in [0.05, 0.1) is 4.47 Å². The molecule has 0 aromatic carbocycles. The van der Waals surface area contributed by atoms with Crippen LogP contribution in [0.15, 0.2) is 22.8 Å². The highest BCUT2D eigenvalue weighted by Gasteiger charge is 2.27. The molecule has 0 spiro atoms. The van der Waals surface area contributed by atoms with Crippen LogP contribution in [0.4, 0.5) is 5.82 Å². The zero-order valence-electron chi connectivity index (χ0n) is 9.91. The van der Waals surface area contributed by atoms with Crippen molar-refractivity contribution >= 4 is 21.7 Å². The highest BCUT2D eigenvalue weighted by atomic mass is 79.9. The number of nitrogens with one attached hydrogen (secondary N) is 1. The molecule has 1 aromatic rings. The summed E-state index contributed by atoms with van der Waals surface area (Å²) in [6.07, 6.45) is 5.79. The van der Waals surface area contributed by atoms with Crippen LogP contribution in [0.1, 0.15) is 33.1 Å². The Balaban J connectivity index is 2.06. The molecule has 1 aliphatic carbocycles. The summed E-state index contributed by atoms with van der Waals surface area (Å²) in [4.78, 5) is 4.37. The second kappa shape index (κ2) is 5.17. The predicted molar refractivity (Wildman–Crippen MR) is 71.5 cm³/mol. The number of nitrogens with zero attached hydrogens (tertiary/aromatic N) is 1. The summed E-state index contributed by atoms with van der Waals surface area (Å²) in [5, 5.41) is 3.57. The van der Waals surface area contributed by atoms with Crippen LogP contribution in [-0.4, -0.2) is 11.0 Å². The maximum absolute atomic E-state index is 4.37. The van der Waals surface area contributed by atoms with E-state index in [2.05, 4.69) is 40.1 Å². The minimum atomic E-state index is 0.565. The Kier molecular flexibility index (Phi) is 3.85. The maximum Gasteiger partial charge on any atom is 0.140 e. The zero-order valence-corrected chi connectivity index (χ0v) is 11.5. The molecule has 3 heteroatoms. The molecule has 0 aliphatic heterocycles. The molecular formula is C13H19BrN2. The third kappa shape index (κ3) is 2.57. The lowest BCUT2D eigenvalue weighted by Gasteiger charge is -2.35. The Morgan fingerprint density at radius 3 is 2.94 bits per heavy atom. The quantitative estimate of drug-likeness (QED) is 0.884. The fraction of sp³-hybridized carbons (Fsp3) is 0.615. The van der Waals surface area contributed by atoms with E-state index in [1.807, 2.05) is 18.3 Å². The van der Waals surface area contributed by atoms with Crippen LogP contribution < -0.4 is 5.32 Å². The Hall–Kier alpha value is -0.570. The number of hydrogen-bond donors (Lipinski definition) is 1. The fourth-order valence-corrected chi connectivity index (χ4v) is 2.82. The summed E-state index contributed by atoms with van der Waals surface area (Å²) in [6.45, 7) is 4.70. The van der Waals surface area contributed by atoms with Gasteiger partial charge in [-0.3, -0.25) is 0 Å². The monoisotopic (exact) mass is 282 g/mol. The van der Waals surface area contributed by atoms with Crippen molar-refractivity contribution in [2.75, 3.05) is 5.32 Å². The van der Waals surface area contributed by atoms with Crippen molar-refractivity contribution in [1.29, 1.82) is 0 Å². The predicted octanol–water partition coefficient (Wildman–Crippen LogP) is 4.08. The minimum absolute atomic E-state index is 0.565. The van der Waals surface area contributed by atoms with Crippen molar-refractivity contribution < 1.29 is 0 Å². The Labute approximate surface area is 106 Å². The molecule has 0 radical (unpaired) electrons. The molecule has 1 saturated carbocycles. The molecule has 2 nitrogen and oxygen atoms in total. The fourth-order valence-electron chi connectivity index (χ4n) is 2.45. The third-order valence-electron chi connectivity index (χ3n) is 3.79. The molecule has 0 saturated heterocycles. The third-order valence-corrected chi connectivity index (χ3v) is 4.43. The number of aromatic nitrogens is 1. The number of hydrogen-bond acceptors (Lipinski definition) is 2. The molecule has 3 unspecified atom stereocenters. The van der Waals surface area contributed by atoms with Gasteiger partial charge in [0.25, 0.3) is 0 Å². The SMILES string of the molecule is CC1CCCC(Nc2ncccc2Br)C1C. The normalized spacial score (nSPS) is 30.1. The summed E-state index contributed by atoms with van der Waals surface area (Å²) in [5.74, 6) is 2.52. The molecular weight excluding hydrogens is 264 g/mol. The smallest absolute Gasteiger partial charge is 0.140 e. The van der Waals surface area contributed by atoms with Crippen LogP contribution >= 0.6 is 15.9 Å². The van der Waals surface area contributed by atoms with E-state index in [9.17, 15) is 0 Å². The Bertz CT molecular complexity index is 354. The van der Waals surface area contributed by atoms with Crippen LogP contribution in [0.5, 0.6) is 0 Å². The number of rotatable bonds is 2. The number of pyridine rings is 1. The van der Waals surface area contributed by atoms with E-state index in [1.54, 1.807) is 0 Å². The average molecular weight is 283 g/mol. The van der Waals surface area contributed by atoms with Gasteiger partial charge < -0.3 is 5.32 Å². The van der Waals surface area contributed by atoms with Crippen LogP contribution in [0.25, 0.3) is 0 Å². The summed E-state index contributed by atoms with van der Waals surface area (Å²) < 4.78 is 1.06. The van der Waals surface area contributed by atoms with Gasteiger partial charge in [-0.1, -0.05) is 26.7 Å². The molecule has 16 heavy (non-hydrogen) atoms. The first-order chi connectivity index (χ1) is 7.68. The Morgan fingerprint density at radius 2 is 2.19 bits per heavy atom. The highest BCUT2D eigenvalue weighted by molar-refractivity contribution is 9.10. The number of halogens is 1. The molecule has 2 rings (SSSR count). The molecule has 1 aromatic heterocycles. The van der Waals surface area contributed by atoms with E-state index in [1.165, 1.54) is 19.3 Å². The lowest BCUT2D eigenvalue weighted by atomic mass is 9.78. The van der Waals surface area contributed by atoms with Crippen LogP contribution in [-0.2, 0) is 0 Å². The largest absolute Gasteiger partial charge is 0.366 e. The van der Waals surface area contributed by atoms with Crippen molar-refractivity contribution in [2.24, 2.45) is 11.8 Å². The first-order valence-electron chi connectivity index (χ1n) is 6.05. The van der Waals surface area contributed by atoms with Crippen molar-refractivity contribution in [3.63, 3.8) is 0 Å². The van der Waals surface area contributed by atoms with Gasteiger partial charge >= 0.3 is 0 Å². The molecule has 1 heterocycles. The zero-order chi connectivity index (χ0) is 11.5. The average Bonchev–Trinajstić information content (AvgIpc) is 2.28. The molecule has 1 fully saturated rings. The van der Waals surface area contributed by atoms with Crippen molar-refractivity contribution in [1.82, 2.24) is 4.98 Å². The molecule has 0 bridgehead atoms. The topological polar surface area (TPSA) is 24.9 Å². The highest BCUT2D eigenvalue weighted by Crippen LogP contribution is 2.32. The first-order valence-corrected chi connectivity index (χ1v) is 6.85. The summed E-state index contributed by atoms with van der Waals surface area (Å²) in [5.41, 5.74) is 0. The van der Waals surface area contributed by atoms with E-state index in [-0.39, 0.29) is 0 Å². The molecule has 0 amide bonds. The summed E-state index contributed by atoms with van der Waals surface area (Å²) in [6, 6.07) is 4.55. The van der Waals surface area contributed by atoms with Crippen LogP contribution in [0, 0.1) is 11.8 Å². The van der Waals surface area contributed by atoms with Gasteiger partial charge in [-0.15, -0.1) is 0 Å². The van der Waals surface area contributed by atoms with Crippen molar-refractivity contribution in [3.05, 3.63) is 22.8 Å². The van der Waals surface area contributed by atoms with Crippen LogP contribution in [0.2, 0.25) is 0 Å². The van der Waals surface area contributed by atoms with Crippen LogP contribution in [0.3, 0.4) is 0 Å². The van der Waals surface area contributed by atoms with E-state index in [0.717, 1.165) is 22.1 Å². The molecule has 1 aliphatic rings. The lowest BCUT2D eigenvalue weighted by Crippen LogP contribution is -2.35. The maximum atomic E-state index is 4.37. The van der Waals surface area contributed by atoms with E-state index >= 15 is 0 Å². The summed E-state index contributed by atoms with van der Waals surface area (Å²) in [7, 11) is 0. The van der Waals surface area contributed by atoms with Gasteiger partial charge in [-0.2, -0.15) is 0 Å². The lowest BCUT2D eigenvalue weighted by molar-refractivity contribution is 0.253.